The number of sulfone groups is 2. The van der Waals surface area contributed by atoms with Crippen molar-refractivity contribution in [3.05, 3.63) is 131 Å². The SMILES string of the molecule is CCCCCC[C@H](NC(=O)CCOCCOCCOCCOCCN(CCOC)C(=O)c1ccc(C(=O)C(CS(=O)(=O)c2ccc(C)cc2)CS(=O)(=O)c2ccc(C)cc2)cc1)C(=O)N[C@@H](CCN)C(=O)N[C@H](C(=O)N[C@@H](CCN)C(=O)N[C@H]1CCNC(=O)[C@H](C(C)C)NC(=O)[C@H](CCN)NC(=O)C(CCN)NC(=O)[C@H](CC(C)C)NC(=O)[C@@H](Cc2ccccc2)NC(=O)[C@H](CCN)NC1=O)[C@@H](C)O. The summed E-state index contributed by atoms with van der Waals surface area (Å²) in [5, 5.41) is 42.7. The molecule has 1 heterocycles. The van der Waals surface area contributed by atoms with E-state index in [0.717, 1.165) is 30.9 Å². The zero-order valence-corrected chi connectivity index (χ0v) is 82.9. The Bertz CT molecular complexity index is 4720. The number of nitrogens with two attached hydrogens (primary N) is 5. The first kappa shape index (κ1) is 119. The first-order valence-electron chi connectivity index (χ1n) is 47.4. The average molecular weight is 1990 g/mol. The molecule has 0 aliphatic carbocycles. The Hall–Kier alpha value is -10.9. The van der Waals surface area contributed by atoms with E-state index in [9.17, 15) is 89.1 Å². The molecule has 44 heteroatoms. The normalized spacial score (nSPS) is 18.5. The molecule has 139 heavy (non-hydrogen) atoms. The molecule has 23 N–H and O–H groups in total. The molecule has 0 radical (unpaired) electrons. The molecule has 4 aromatic rings. The maximum Gasteiger partial charge on any atom is 0.254 e. The molecule has 1 aliphatic rings. The molecule has 0 saturated carbocycles. The Balaban J connectivity index is 1.18. The standard InChI is InChI=1S/C95H148N18O24S2/c1-10-11-12-16-19-71(102-80(115)38-47-134-50-52-136-54-55-137-53-51-135-49-46-113(45-48-133-9)95(128)67-26-24-66(25-27-67)83(116)68(58-138(129,130)69-28-20-62(6)21-29-69)59-139(131,132)70-30-22-63(7)23-31-70)84(117)104-76(36-43-100)90(123)112-82(64(8)114)94(127)108-74(34-41-98)86(119)107-77-37-44-101-93(126)81(61(4)5)111-89(122)75(35-42-99)105-85(118)72(32-39-96)106-91(124)78(56-60(2)3)109-92(125)79(57-65-17-14-13-15-18-65)110-87(120)73(33-40-97)103-88(77)121/h13-15,17-18,20-31,60-61,64,68,71-79,81-82,114H,10-12,16,19,32-59,96-100H2,1-9H3,(H,101,126)(H,102,115)(H,103,121)(H,104,117)(H,105,118)(H,106,124)(H,107,119)(H,108,127)(H,109,125)(H,110,120)(H,111,122)(H,112,123)/t64-,71+,72?,73+,74+,75+,76+,77+,78+,79-,81+,82+/m1/s1. The van der Waals surface area contributed by atoms with Crippen molar-refractivity contribution in [2.75, 3.05) is 130 Å². The summed E-state index contributed by atoms with van der Waals surface area (Å²) in [6.07, 6.45) is -0.475. The van der Waals surface area contributed by atoms with Gasteiger partial charge in [0.2, 0.25) is 70.9 Å². The van der Waals surface area contributed by atoms with Gasteiger partial charge < -0.3 is 126 Å². The number of aryl methyl sites for hydroxylation is 2. The Morgan fingerprint density at radius 1 is 0.475 bits per heavy atom. The van der Waals surface area contributed by atoms with E-state index in [4.69, 9.17) is 52.4 Å². The lowest BCUT2D eigenvalue weighted by Gasteiger charge is -2.29. The second-order valence-electron chi connectivity index (χ2n) is 35.0. The van der Waals surface area contributed by atoms with Gasteiger partial charge >= 0.3 is 0 Å². The number of ether oxygens (including phenoxy) is 5. The van der Waals surface area contributed by atoms with Gasteiger partial charge in [-0.1, -0.05) is 138 Å². The third-order valence-electron chi connectivity index (χ3n) is 22.7. The van der Waals surface area contributed by atoms with Gasteiger partial charge in [0, 0.05) is 50.7 Å². The van der Waals surface area contributed by atoms with Gasteiger partial charge in [0.25, 0.3) is 5.91 Å². The van der Waals surface area contributed by atoms with Crippen molar-refractivity contribution in [2.45, 2.75) is 228 Å². The third kappa shape index (κ3) is 42.2. The minimum atomic E-state index is -4.15. The summed E-state index contributed by atoms with van der Waals surface area (Å²) < 4.78 is 82.8. The quantitative estimate of drug-likeness (QED) is 0.0176. The van der Waals surface area contributed by atoms with E-state index in [1.54, 1.807) is 96.1 Å². The smallest absolute Gasteiger partial charge is 0.254 e. The molecule has 774 valence electrons. The van der Waals surface area contributed by atoms with E-state index in [1.165, 1.54) is 60.5 Å². The third-order valence-corrected chi connectivity index (χ3v) is 26.4. The number of nitrogens with one attached hydrogen (secondary N) is 12. The van der Waals surface area contributed by atoms with Crippen molar-refractivity contribution >= 4 is 102 Å². The van der Waals surface area contributed by atoms with Crippen LogP contribution in [-0.2, 0) is 107 Å². The van der Waals surface area contributed by atoms with Gasteiger partial charge in [0.05, 0.1) is 92.8 Å². The molecule has 1 saturated heterocycles. The lowest BCUT2D eigenvalue weighted by Crippen LogP contribution is -2.62. The van der Waals surface area contributed by atoms with E-state index >= 15 is 0 Å². The number of amides is 13. The number of unbranched alkanes of at least 4 members (excludes halogenated alkanes) is 3. The van der Waals surface area contributed by atoms with Gasteiger partial charge in [0.15, 0.2) is 25.5 Å². The zero-order chi connectivity index (χ0) is 103. The minimum Gasteiger partial charge on any atom is -0.391 e. The molecule has 0 aromatic heterocycles. The summed E-state index contributed by atoms with van der Waals surface area (Å²) >= 11 is 0. The fourth-order valence-corrected chi connectivity index (χ4v) is 18.0. The maximum absolute atomic E-state index is 14.8. The van der Waals surface area contributed by atoms with Gasteiger partial charge in [0.1, 0.15) is 66.5 Å². The number of Topliss-reactive ketones (excluding diaryl/α,β-unsaturated/α-hetero) is 1. The van der Waals surface area contributed by atoms with Crippen molar-refractivity contribution in [2.24, 2.45) is 46.4 Å². The van der Waals surface area contributed by atoms with E-state index in [2.05, 4.69) is 63.8 Å². The van der Waals surface area contributed by atoms with Crippen molar-refractivity contribution in [3.8, 4) is 0 Å². The molecule has 4 aromatic carbocycles. The van der Waals surface area contributed by atoms with Crippen molar-refractivity contribution in [3.63, 3.8) is 0 Å². The summed E-state index contributed by atoms with van der Waals surface area (Å²) in [5.74, 6) is -15.7. The fourth-order valence-electron chi connectivity index (χ4n) is 14.8. The summed E-state index contributed by atoms with van der Waals surface area (Å²) in [4.78, 5) is 201. The Morgan fingerprint density at radius 2 is 0.921 bits per heavy atom. The number of rotatable bonds is 57. The predicted molar refractivity (Wildman–Crippen MR) is 518 cm³/mol. The first-order chi connectivity index (χ1) is 66.2. The van der Waals surface area contributed by atoms with Crippen molar-refractivity contribution in [1.82, 2.24) is 68.7 Å². The number of carbonyl (C=O) groups excluding carboxylic acids is 14. The predicted octanol–water partition coefficient (Wildman–Crippen LogP) is -1.51. The summed E-state index contributed by atoms with van der Waals surface area (Å²) in [7, 11) is -6.81. The molecule has 12 atom stereocenters. The second-order valence-corrected chi connectivity index (χ2v) is 39.1. The lowest BCUT2D eigenvalue weighted by molar-refractivity contribution is -0.137. The Morgan fingerprint density at radius 3 is 1.42 bits per heavy atom. The highest BCUT2D eigenvalue weighted by Crippen LogP contribution is 2.25. The van der Waals surface area contributed by atoms with E-state index in [-0.39, 0.29) is 190 Å². The summed E-state index contributed by atoms with van der Waals surface area (Å²) in [6, 6.07) is 10.1. The molecule has 5 rings (SSSR count). The van der Waals surface area contributed by atoms with E-state index < -0.39 is 211 Å². The maximum atomic E-state index is 14.8. The van der Waals surface area contributed by atoms with Crippen LogP contribution in [0.15, 0.2) is 113 Å². The van der Waals surface area contributed by atoms with Crippen LogP contribution in [0.1, 0.15) is 162 Å². The highest BCUT2D eigenvalue weighted by molar-refractivity contribution is 7.92. The Labute approximate surface area is 814 Å². The first-order valence-corrected chi connectivity index (χ1v) is 50.7. The molecule has 1 aliphatic heterocycles. The van der Waals surface area contributed by atoms with Crippen LogP contribution in [0.2, 0.25) is 0 Å². The number of hydrogen-bond donors (Lipinski definition) is 18. The number of aliphatic hydroxyl groups is 1. The van der Waals surface area contributed by atoms with Crippen LogP contribution < -0.4 is 92.5 Å². The number of hydrogen-bond acceptors (Lipinski definition) is 29. The van der Waals surface area contributed by atoms with Crippen LogP contribution in [0.3, 0.4) is 0 Å². The number of nitrogens with zero attached hydrogens (tertiary/aromatic N) is 1. The topological polar surface area (TPSA) is 651 Å². The van der Waals surface area contributed by atoms with Crippen LogP contribution in [0.5, 0.6) is 0 Å². The summed E-state index contributed by atoms with van der Waals surface area (Å²) in [6.45, 7) is 13.7. The average Bonchev–Trinajstić information content (AvgIpc) is 0.956. The number of benzene rings is 4. The lowest BCUT2D eigenvalue weighted by atomic mass is 9.99. The number of aliphatic hydroxyl groups excluding tert-OH is 1. The summed E-state index contributed by atoms with van der Waals surface area (Å²) in [5.41, 5.74) is 32.3. The molecule has 1 fully saturated rings. The molecular formula is C95H148N18O24S2. The molecular weight excluding hydrogens is 1840 g/mol. The van der Waals surface area contributed by atoms with Crippen LogP contribution in [0.25, 0.3) is 0 Å². The van der Waals surface area contributed by atoms with Gasteiger partial charge in [-0.25, -0.2) is 16.8 Å². The van der Waals surface area contributed by atoms with Gasteiger partial charge in [-0.15, -0.1) is 0 Å². The van der Waals surface area contributed by atoms with E-state index in [0.29, 0.717) is 18.4 Å². The van der Waals surface area contributed by atoms with Crippen LogP contribution in [0, 0.1) is 31.6 Å². The number of ketones is 1. The number of carbonyl (C=O) groups is 14. The highest BCUT2D eigenvalue weighted by atomic mass is 32.2. The monoisotopic (exact) mass is 1990 g/mol. The van der Waals surface area contributed by atoms with Crippen LogP contribution >= 0.6 is 0 Å². The zero-order valence-electron chi connectivity index (χ0n) is 81.3. The van der Waals surface area contributed by atoms with Crippen LogP contribution in [-0.4, -0.2) is 312 Å². The molecule has 13 amide bonds. The van der Waals surface area contributed by atoms with Crippen molar-refractivity contribution < 1.29 is 113 Å². The van der Waals surface area contributed by atoms with Gasteiger partial charge in [-0.3, -0.25) is 67.1 Å². The highest BCUT2D eigenvalue weighted by Gasteiger charge is 2.40. The largest absolute Gasteiger partial charge is 0.391 e. The fraction of sp³-hybridized carbons (Fsp3) is 0.600. The van der Waals surface area contributed by atoms with Gasteiger partial charge in [-0.05, 0) is 159 Å². The minimum absolute atomic E-state index is 0.0153. The van der Waals surface area contributed by atoms with E-state index in [1.807, 2.05) is 6.92 Å². The van der Waals surface area contributed by atoms with Gasteiger partial charge in [-0.2, -0.15) is 0 Å². The molecule has 42 nitrogen and oxygen atoms in total. The van der Waals surface area contributed by atoms with Crippen LogP contribution in [0.4, 0.5) is 0 Å². The molecule has 0 bridgehead atoms. The van der Waals surface area contributed by atoms with Crippen molar-refractivity contribution in [1.29, 1.82) is 0 Å². The molecule has 1 unspecified atom stereocenters. The Kier molecular flexibility index (Phi) is 53.8. The number of methoxy groups -OCH3 is 1. The second kappa shape index (κ2) is 63.0. The molecule has 0 spiro atoms.